The summed E-state index contributed by atoms with van der Waals surface area (Å²) in [5.41, 5.74) is 0. The van der Waals surface area contributed by atoms with Gasteiger partial charge in [0.15, 0.2) is 18.9 Å². The Labute approximate surface area is 60.1 Å². The Morgan fingerprint density at radius 2 is 2.00 bits per heavy atom. The molecule has 2 nitrogen and oxygen atoms in total. The second kappa shape index (κ2) is 2.39. The minimum Gasteiger partial charge on any atom is -0.366 e. The lowest BCUT2D eigenvalue weighted by Crippen LogP contribution is -2.35. The van der Waals surface area contributed by atoms with Crippen LogP contribution in [0, 0.1) is 0 Å². The molecule has 0 aliphatic carbocycles. The van der Waals surface area contributed by atoms with Crippen molar-refractivity contribution >= 4 is 0 Å². The summed E-state index contributed by atoms with van der Waals surface area (Å²) in [5, 5.41) is 0. The first-order valence-corrected chi connectivity index (χ1v) is 3.51. The van der Waals surface area contributed by atoms with Crippen molar-refractivity contribution < 1.29 is 9.30 Å². The summed E-state index contributed by atoms with van der Waals surface area (Å²) < 4.78 is 7.23. The number of hydrogen-bond donors (Lipinski definition) is 0. The Hall–Kier alpha value is -0.890. The maximum atomic E-state index is 5.09. The van der Waals surface area contributed by atoms with Gasteiger partial charge in [0, 0.05) is 12.1 Å². The van der Waals surface area contributed by atoms with E-state index in [1.165, 1.54) is 0 Å². The zero-order valence-electron chi connectivity index (χ0n) is 5.73. The predicted molar refractivity (Wildman–Crippen MR) is 36.4 cm³/mol. The van der Waals surface area contributed by atoms with Gasteiger partial charge in [-0.2, -0.15) is 0 Å². The highest BCUT2D eigenvalue weighted by Crippen LogP contribution is 2.07. The van der Waals surface area contributed by atoms with Crippen LogP contribution in [0.4, 0.5) is 0 Å². The number of hydrogen-bond acceptors (Lipinski definition) is 1. The van der Waals surface area contributed by atoms with Gasteiger partial charge in [-0.25, -0.2) is 4.57 Å². The summed E-state index contributed by atoms with van der Waals surface area (Å²) in [6, 6.07) is 6.08. The largest absolute Gasteiger partial charge is 0.366 e. The molecule has 1 saturated heterocycles. The van der Waals surface area contributed by atoms with Gasteiger partial charge in [-0.3, -0.25) is 0 Å². The van der Waals surface area contributed by atoms with Crippen LogP contribution in [-0.2, 0) is 11.3 Å². The van der Waals surface area contributed by atoms with E-state index in [0.717, 1.165) is 13.2 Å². The zero-order chi connectivity index (χ0) is 6.81. The smallest absolute Gasteiger partial charge is 0.176 e. The van der Waals surface area contributed by atoms with Crippen molar-refractivity contribution in [2.45, 2.75) is 12.6 Å². The van der Waals surface area contributed by atoms with Crippen LogP contribution in [0.3, 0.4) is 0 Å². The molecule has 1 aromatic rings. The van der Waals surface area contributed by atoms with Crippen molar-refractivity contribution in [3.8, 4) is 0 Å². The van der Waals surface area contributed by atoms with E-state index in [2.05, 4.69) is 17.0 Å². The Balaban J connectivity index is 2.03. The van der Waals surface area contributed by atoms with E-state index in [1.54, 1.807) is 0 Å². The molecule has 0 N–H and O–H groups in total. The van der Waals surface area contributed by atoms with Gasteiger partial charge in [0.25, 0.3) is 0 Å². The van der Waals surface area contributed by atoms with Crippen LogP contribution in [0.25, 0.3) is 0 Å². The van der Waals surface area contributed by atoms with Crippen molar-refractivity contribution in [3.63, 3.8) is 0 Å². The van der Waals surface area contributed by atoms with E-state index in [0.29, 0.717) is 6.10 Å². The molecule has 2 heteroatoms. The van der Waals surface area contributed by atoms with Crippen LogP contribution in [0.15, 0.2) is 30.6 Å². The summed E-state index contributed by atoms with van der Waals surface area (Å²) in [4.78, 5) is 0. The standard InChI is InChI=1S/C8H10NO/c1-2-4-9(5-3-1)6-8-7-10-8/h1-5,8H,6-7H2/q+1. The lowest BCUT2D eigenvalue weighted by molar-refractivity contribution is -0.698. The Bertz CT molecular complexity index is 206. The van der Waals surface area contributed by atoms with Gasteiger partial charge in [0.1, 0.15) is 6.10 Å². The molecule has 1 fully saturated rings. The molecule has 1 aliphatic heterocycles. The van der Waals surface area contributed by atoms with Crippen molar-refractivity contribution in [1.82, 2.24) is 0 Å². The Morgan fingerprint density at radius 1 is 1.30 bits per heavy atom. The minimum absolute atomic E-state index is 0.479. The number of epoxide rings is 1. The van der Waals surface area contributed by atoms with Crippen LogP contribution in [0.1, 0.15) is 0 Å². The molecule has 1 unspecified atom stereocenters. The van der Waals surface area contributed by atoms with Crippen molar-refractivity contribution in [1.29, 1.82) is 0 Å². The van der Waals surface area contributed by atoms with Gasteiger partial charge in [0.2, 0.25) is 0 Å². The van der Waals surface area contributed by atoms with Gasteiger partial charge in [0.05, 0.1) is 6.61 Å². The molecular weight excluding hydrogens is 126 g/mol. The maximum Gasteiger partial charge on any atom is 0.176 e. The zero-order valence-corrected chi connectivity index (χ0v) is 5.73. The van der Waals surface area contributed by atoms with Crippen molar-refractivity contribution in [3.05, 3.63) is 30.6 Å². The maximum absolute atomic E-state index is 5.09. The molecule has 52 valence electrons. The van der Waals surface area contributed by atoms with E-state index in [4.69, 9.17) is 4.74 Å². The third-order valence-electron chi connectivity index (χ3n) is 1.59. The molecule has 1 aliphatic rings. The SMILES string of the molecule is c1cc[n+](CC2CO2)cc1. The highest BCUT2D eigenvalue weighted by molar-refractivity contribution is 4.83. The van der Waals surface area contributed by atoms with E-state index in [-0.39, 0.29) is 0 Å². The number of pyridine rings is 1. The fraction of sp³-hybridized carbons (Fsp3) is 0.375. The van der Waals surface area contributed by atoms with Crippen LogP contribution < -0.4 is 4.57 Å². The van der Waals surface area contributed by atoms with Gasteiger partial charge < -0.3 is 4.74 Å². The topological polar surface area (TPSA) is 16.4 Å². The second-order valence-corrected chi connectivity index (χ2v) is 2.53. The van der Waals surface area contributed by atoms with Gasteiger partial charge in [-0.1, -0.05) is 6.07 Å². The van der Waals surface area contributed by atoms with Crippen LogP contribution >= 0.6 is 0 Å². The van der Waals surface area contributed by atoms with Gasteiger partial charge >= 0.3 is 0 Å². The molecule has 0 radical (unpaired) electrons. The van der Waals surface area contributed by atoms with Crippen molar-refractivity contribution in [2.75, 3.05) is 6.61 Å². The molecule has 1 aromatic heterocycles. The summed E-state index contributed by atoms with van der Waals surface area (Å²) in [6.07, 6.45) is 4.59. The summed E-state index contributed by atoms with van der Waals surface area (Å²) in [6.45, 7) is 1.93. The summed E-state index contributed by atoms with van der Waals surface area (Å²) in [5.74, 6) is 0. The number of ether oxygens (including phenoxy) is 1. The molecule has 1 atom stereocenters. The molecule has 0 amide bonds. The van der Waals surface area contributed by atoms with E-state index in [1.807, 2.05) is 18.2 Å². The monoisotopic (exact) mass is 136 g/mol. The first-order valence-electron chi connectivity index (χ1n) is 3.51. The normalized spacial score (nSPS) is 22.6. The van der Waals surface area contributed by atoms with Crippen LogP contribution in [0.2, 0.25) is 0 Å². The fourth-order valence-corrected chi connectivity index (χ4v) is 0.965. The molecule has 0 spiro atoms. The summed E-state index contributed by atoms with van der Waals surface area (Å²) in [7, 11) is 0. The molecule has 0 aromatic carbocycles. The van der Waals surface area contributed by atoms with Crippen molar-refractivity contribution in [2.24, 2.45) is 0 Å². The van der Waals surface area contributed by atoms with Crippen LogP contribution in [-0.4, -0.2) is 12.7 Å². The molecule has 2 heterocycles. The number of aromatic nitrogens is 1. The van der Waals surface area contributed by atoms with Crippen LogP contribution in [0.5, 0.6) is 0 Å². The third kappa shape index (κ3) is 1.33. The van der Waals surface area contributed by atoms with E-state index >= 15 is 0 Å². The van der Waals surface area contributed by atoms with E-state index < -0.39 is 0 Å². The van der Waals surface area contributed by atoms with Gasteiger partial charge in [-0.15, -0.1) is 0 Å². The molecule has 0 saturated carbocycles. The predicted octanol–water partition coefficient (Wildman–Crippen LogP) is 0.373. The number of rotatable bonds is 2. The highest BCUT2D eigenvalue weighted by Gasteiger charge is 2.26. The number of nitrogens with zero attached hydrogens (tertiary/aromatic N) is 1. The van der Waals surface area contributed by atoms with E-state index in [9.17, 15) is 0 Å². The molecular formula is C8H10NO+. The third-order valence-corrected chi connectivity index (χ3v) is 1.59. The summed E-state index contributed by atoms with van der Waals surface area (Å²) >= 11 is 0. The average molecular weight is 136 g/mol. The first kappa shape index (κ1) is 5.86. The first-order chi connectivity index (χ1) is 4.95. The van der Waals surface area contributed by atoms with Gasteiger partial charge in [-0.05, 0) is 0 Å². The molecule has 10 heavy (non-hydrogen) atoms. The lowest BCUT2D eigenvalue weighted by Gasteiger charge is -1.88. The molecule has 0 bridgehead atoms. The minimum atomic E-state index is 0.479. The molecule has 2 rings (SSSR count). The second-order valence-electron chi connectivity index (χ2n) is 2.53. The Morgan fingerprint density at radius 3 is 2.60 bits per heavy atom. The Kier molecular flexibility index (Phi) is 1.40. The highest BCUT2D eigenvalue weighted by atomic mass is 16.6. The fourth-order valence-electron chi connectivity index (χ4n) is 0.965. The lowest BCUT2D eigenvalue weighted by atomic mass is 10.4. The average Bonchev–Trinajstić information content (AvgIpc) is 2.74. The quantitative estimate of drug-likeness (QED) is 0.424.